The van der Waals surface area contributed by atoms with Crippen molar-refractivity contribution in [1.82, 2.24) is 4.98 Å². The van der Waals surface area contributed by atoms with Crippen LogP contribution >= 0.6 is 17.0 Å². The van der Waals surface area contributed by atoms with E-state index in [0.717, 1.165) is 11.3 Å². The minimum absolute atomic E-state index is 0. The maximum Gasteiger partial charge on any atom is 0.0372 e. The molecule has 1 rings (SSSR count). The first-order chi connectivity index (χ1) is 4.33. The van der Waals surface area contributed by atoms with Crippen molar-refractivity contribution < 1.29 is 0 Å². The van der Waals surface area contributed by atoms with Crippen LogP contribution in [0.15, 0.2) is 18.3 Å². The summed E-state index contributed by atoms with van der Waals surface area (Å²) in [5, 5.41) is 0. The fraction of sp³-hybridized carbons (Fsp3) is 0.286. The maximum atomic E-state index is 5.36. The van der Waals surface area contributed by atoms with Gasteiger partial charge in [-0.2, -0.15) is 0 Å². The molecule has 0 unspecified atom stereocenters. The second kappa shape index (κ2) is 4.41. The Kier molecular flexibility index (Phi) is 4.23. The predicted molar refractivity (Wildman–Crippen MR) is 47.2 cm³/mol. The Morgan fingerprint density at radius 3 is 2.60 bits per heavy atom. The van der Waals surface area contributed by atoms with Crippen molar-refractivity contribution in [3.05, 3.63) is 29.6 Å². The number of pyridine rings is 1. The maximum absolute atomic E-state index is 5.36. The van der Waals surface area contributed by atoms with Crippen LogP contribution in [0.1, 0.15) is 11.3 Å². The largest absolute Gasteiger partial charge is 0.326 e. The van der Waals surface area contributed by atoms with Crippen molar-refractivity contribution >= 4 is 17.0 Å². The molecule has 0 saturated heterocycles. The van der Waals surface area contributed by atoms with E-state index in [-0.39, 0.29) is 17.0 Å². The number of rotatable bonds is 1. The van der Waals surface area contributed by atoms with E-state index < -0.39 is 0 Å². The van der Waals surface area contributed by atoms with Crippen molar-refractivity contribution in [2.45, 2.75) is 13.5 Å². The summed E-state index contributed by atoms with van der Waals surface area (Å²) >= 11 is 0. The molecule has 0 fully saturated rings. The van der Waals surface area contributed by atoms with Gasteiger partial charge in [0.15, 0.2) is 0 Å². The monoisotopic (exact) mass is 202 g/mol. The minimum atomic E-state index is 0. The molecule has 56 valence electrons. The molecule has 0 aliphatic rings. The van der Waals surface area contributed by atoms with Crippen LogP contribution in [0, 0.1) is 6.92 Å². The van der Waals surface area contributed by atoms with Crippen LogP contribution in [0.3, 0.4) is 0 Å². The molecule has 2 N–H and O–H groups in total. The lowest BCUT2D eigenvalue weighted by Gasteiger charge is -1.93. The van der Waals surface area contributed by atoms with Crippen LogP contribution in [-0.4, -0.2) is 4.98 Å². The molecule has 0 atom stereocenters. The van der Waals surface area contributed by atoms with Crippen molar-refractivity contribution in [2.24, 2.45) is 5.73 Å². The van der Waals surface area contributed by atoms with Gasteiger partial charge in [-0.1, -0.05) is 6.07 Å². The molecule has 0 aromatic carbocycles. The summed E-state index contributed by atoms with van der Waals surface area (Å²) in [6, 6.07) is 3.95. The molecular formula is C7H11BrN2. The van der Waals surface area contributed by atoms with E-state index in [1.165, 1.54) is 0 Å². The first-order valence-corrected chi connectivity index (χ1v) is 2.94. The van der Waals surface area contributed by atoms with Gasteiger partial charge < -0.3 is 5.73 Å². The molecule has 1 aromatic heterocycles. The molecule has 0 amide bonds. The van der Waals surface area contributed by atoms with Gasteiger partial charge in [0, 0.05) is 18.4 Å². The fourth-order valence-electron chi connectivity index (χ4n) is 0.619. The first-order valence-electron chi connectivity index (χ1n) is 2.94. The standard InChI is InChI=1S/C7H10N2.BrH/c1-6-2-3-7(4-8)5-9-6;/h2-3,5H,4,8H2,1H3;1H. The Bertz CT molecular complexity index is 183. The van der Waals surface area contributed by atoms with Crippen LogP contribution in [0.5, 0.6) is 0 Å². The summed E-state index contributed by atoms with van der Waals surface area (Å²) in [5.74, 6) is 0. The fourth-order valence-corrected chi connectivity index (χ4v) is 0.619. The van der Waals surface area contributed by atoms with Gasteiger partial charge >= 0.3 is 0 Å². The van der Waals surface area contributed by atoms with Crippen LogP contribution < -0.4 is 5.73 Å². The van der Waals surface area contributed by atoms with E-state index in [0.29, 0.717) is 6.54 Å². The number of hydrogen-bond donors (Lipinski definition) is 1. The highest BCUT2D eigenvalue weighted by Gasteiger charge is 1.86. The Morgan fingerprint density at radius 1 is 1.50 bits per heavy atom. The molecule has 10 heavy (non-hydrogen) atoms. The molecule has 0 saturated carbocycles. The minimum Gasteiger partial charge on any atom is -0.326 e. The third-order valence-corrected chi connectivity index (χ3v) is 1.21. The number of halogens is 1. The van der Waals surface area contributed by atoms with Crippen molar-refractivity contribution in [2.75, 3.05) is 0 Å². The first kappa shape index (κ1) is 9.59. The van der Waals surface area contributed by atoms with E-state index in [9.17, 15) is 0 Å². The second-order valence-electron chi connectivity index (χ2n) is 2.01. The van der Waals surface area contributed by atoms with Gasteiger partial charge in [-0.25, -0.2) is 0 Å². The van der Waals surface area contributed by atoms with E-state index >= 15 is 0 Å². The number of aromatic nitrogens is 1. The average Bonchev–Trinajstić information content (AvgIpc) is 1.90. The molecule has 3 heteroatoms. The van der Waals surface area contributed by atoms with Crippen molar-refractivity contribution in [1.29, 1.82) is 0 Å². The third kappa shape index (κ3) is 2.45. The Labute approximate surface area is 71.2 Å². The summed E-state index contributed by atoms with van der Waals surface area (Å²) in [7, 11) is 0. The highest BCUT2D eigenvalue weighted by molar-refractivity contribution is 8.93. The Hall–Kier alpha value is -0.410. The number of aryl methyl sites for hydroxylation is 1. The van der Waals surface area contributed by atoms with E-state index in [1.54, 1.807) is 6.20 Å². The quantitative estimate of drug-likeness (QED) is 0.749. The lowest BCUT2D eigenvalue weighted by atomic mass is 10.2. The molecular weight excluding hydrogens is 192 g/mol. The summed E-state index contributed by atoms with van der Waals surface area (Å²) in [4.78, 5) is 4.07. The molecule has 0 radical (unpaired) electrons. The molecule has 1 heterocycles. The van der Waals surface area contributed by atoms with Crippen LogP contribution in [0.4, 0.5) is 0 Å². The molecule has 0 aliphatic heterocycles. The SMILES string of the molecule is Br.Cc1ccc(CN)cn1. The van der Waals surface area contributed by atoms with E-state index in [4.69, 9.17) is 5.73 Å². The van der Waals surface area contributed by atoms with E-state index in [1.807, 2.05) is 19.1 Å². The lowest BCUT2D eigenvalue weighted by molar-refractivity contribution is 1.03. The van der Waals surface area contributed by atoms with Crippen LogP contribution in [-0.2, 0) is 6.54 Å². The Morgan fingerprint density at radius 2 is 2.20 bits per heavy atom. The van der Waals surface area contributed by atoms with Crippen LogP contribution in [0.2, 0.25) is 0 Å². The van der Waals surface area contributed by atoms with Gasteiger partial charge in [0.05, 0.1) is 0 Å². The van der Waals surface area contributed by atoms with Gasteiger partial charge in [-0.15, -0.1) is 17.0 Å². The molecule has 2 nitrogen and oxygen atoms in total. The normalized spacial score (nSPS) is 8.60. The summed E-state index contributed by atoms with van der Waals surface area (Å²) in [6.07, 6.45) is 1.80. The Balaban J connectivity index is 0.000000810. The highest BCUT2D eigenvalue weighted by Crippen LogP contribution is 1.96. The van der Waals surface area contributed by atoms with Crippen LogP contribution in [0.25, 0.3) is 0 Å². The second-order valence-corrected chi connectivity index (χ2v) is 2.01. The zero-order chi connectivity index (χ0) is 6.69. The summed E-state index contributed by atoms with van der Waals surface area (Å²) in [5.41, 5.74) is 7.48. The van der Waals surface area contributed by atoms with Gasteiger partial charge in [-0.05, 0) is 18.6 Å². The third-order valence-electron chi connectivity index (χ3n) is 1.21. The number of nitrogens with two attached hydrogens (primary N) is 1. The highest BCUT2D eigenvalue weighted by atomic mass is 79.9. The molecule has 0 aliphatic carbocycles. The van der Waals surface area contributed by atoms with E-state index in [2.05, 4.69) is 4.98 Å². The van der Waals surface area contributed by atoms with Gasteiger partial charge in [0.1, 0.15) is 0 Å². The number of nitrogens with zero attached hydrogens (tertiary/aromatic N) is 1. The van der Waals surface area contributed by atoms with Gasteiger partial charge in [-0.3, -0.25) is 4.98 Å². The van der Waals surface area contributed by atoms with Gasteiger partial charge in [0.2, 0.25) is 0 Å². The predicted octanol–water partition coefficient (Wildman–Crippen LogP) is 1.43. The number of hydrogen-bond acceptors (Lipinski definition) is 2. The smallest absolute Gasteiger partial charge is 0.0372 e. The van der Waals surface area contributed by atoms with Crippen molar-refractivity contribution in [3.8, 4) is 0 Å². The topological polar surface area (TPSA) is 38.9 Å². The molecule has 0 bridgehead atoms. The summed E-state index contributed by atoms with van der Waals surface area (Å²) in [6.45, 7) is 2.54. The zero-order valence-electron chi connectivity index (χ0n) is 5.87. The molecule has 1 aromatic rings. The lowest BCUT2D eigenvalue weighted by Crippen LogP contribution is -1.96. The molecule has 0 spiro atoms. The summed E-state index contributed by atoms with van der Waals surface area (Å²) < 4.78 is 0. The van der Waals surface area contributed by atoms with Gasteiger partial charge in [0.25, 0.3) is 0 Å². The zero-order valence-corrected chi connectivity index (χ0v) is 7.59. The average molecular weight is 203 g/mol. The van der Waals surface area contributed by atoms with Crippen molar-refractivity contribution in [3.63, 3.8) is 0 Å².